The van der Waals surface area contributed by atoms with E-state index in [0.717, 1.165) is 12.8 Å². The van der Waals surface area contributed by atoms with Gasteiger partial charge in [0.1, 0.15) is 0 Å². The molecule has 1 rings (SSSR count). The Morgan fingerprint density at radius 3 is 2.25 bits per heavy atom. The highest BCUT2D eigenvalue weighted by Gasteiger charge is 2.53. The van der Waals surface area contributed by atoms with Crippen LogP contribution in [-0.2, 0) is 19.1 Å². The van der Waals surface area contributed by atoms with E-state index in [1.54, 1.807) is 13.8 Å². The highest BCUT2D eigenvalue weighted by molar-refractivity contribution is 6.05. The van der Waals surface area contributed by atoms with E-state index in [2.05, 4.69) is 5.16 Å². The van der Waals surface area contributed by atoms with Crippen LogP contribution in [0, 0.1) is 11.3 Å². The highest BCUT2D eigenvalue weighted by Crippen LogP contribution is 2.39. The molecular weight excluding hydrogens is 262 g/mol. The third-order valence-electron chi connectivity index (χ3n) is 3.80. The summed E-state index contributed by atoms with van der Waals surface area (Å²) in [6.07, 6.45) is 2.94. The molecule has 0 bridgehead atoms. The van der Waals surface area contributed by atoms with Crippen molar-refractivity contribution in [2.75, 3.05) is 13.2 Å². The maximum absolute atomic E-state index is 12.3. The molecule has 0 radical (unpaired) electrons. The van der Waals surface area contributed by atoms with Crippen molar-refractivity contribution in [1.82, 2.24) is 0 Å². The van der Waals surface area contributed by atoms with Crippen molar-refractivity contribution in [3.05, 3.63) is 0 Å². The van der Waals surface area contributed by atoms with Crippen molar-refractivity contribution in [3.8, 4) is 0 Å². The van der Waals surface area contributed by atoms with E-state index in [1.807, 2.05) is 0 Å². The molecule has 0 aromatic carbocycles. The Hall–Kier alpha value is -1.59. The first-order valence-corrected chi connectivity index (χ1v) is 7.07. The SMILES string of the molecule is CCOC(=O)C(C)(C(=O)OCC)C1CCCC/C1=N\O. The third kappa shape index (κ3) is 3.11. The summed E-state index contributed by atoms with van der Waals surface area (Å²) in [7, 11) is 0. The highest BCUT2D eigenvalue weighted by atomic mass is 16.6. The molecular formula is C14H23NO5. The minimum absolute atomic E-state index is 0.187. The van der Waals surface area contributed by atoms with Crippen LogP contribution >= 0.6 is 0 Å². The molecule has 0 aromatic heterocycles. The first-order chi connectivity index (χ1) is 9.52. The summed E-state index contributed by atoms with van der Waals surface area (Å²) in [5.74, 6) is -1.71. The first kappa shape index (κ1) is 16.5. The number of nitrogens with zero attached hydrogens (tertiary/aromatic N) is 1. The van der Waals surface area contributed by atoms with Crippen molar-refractivity contribution >= 4 is 17.7 Å². The van der Waals surface area contributed by atoms with E-state index in [9.17, 15) is 9.59 Å². The Balaban J connectivity index is 3.14. The van der Waals surface area contributed by atoms with Gasteiger partial charge in [0.25, 0.3) is 0 Å². The number of oxime groups is 1. The molecule has 114 valence electrons. The molecule has 1 saturated carbocycles. The van der Waals surface area contributed by atoms with Crippen LogP contribution in [0.3, 0.4) is 0 Å². The molecule has 1 atom stereocenters. The average molecular weight is 285 g/mol. The van der Waals surface area contributed by atoms with E-state index in [-0.39, 0.29) is 13.2 Å². The van der Waals surface area contributed by atoms with Gasteiger partial charge in [-0.2, -0.15) is 0 Å². The fraction of sp³-hybridized carbons (Fsp3) is 0.786. The van der Waals surface area contributed by atoms with Gasteiger partial charge < -0.3 is 14.7 Å². The molecule has 20 heavy (non-hydrogen) atoms. The molecule has 1 fully saturated rings. The molecule has 0 amide bonds. The van der Waals surface area contributed by atoms with Crippen LogP contribution in [0.15, 0.2) is 5.16 Å². The summed E-state index contributed by atoms with van der Waals surface area (Å²) in [6, 6.07) is 0. The largest absolute Gasteiger partial charge is 0.465 e. The first-order valence-electron chi connectivity index (χ1n) is 7.07. The molecule has 1 aliphatic rings. The molecule has 6 nitrogen and oxygen atoms in total. The topological polar surface area (TPSA) is 85.2 Å². The predicted octanol–water partition coefficient (Wildman–Crippen LogP) is 2.14. The summed E-state index contributed by atoms with van der Waals surface area (Å²) in [5.41, 5.74) is -0.978. The van der Waals surface area contributed by atoms with Gasteiger partial charge in [-0.3, -0.25) is 9.59 Å². The molecule has 1 N–H and O–H groups in total. The molecule has 6 heteroatoms. The second-order valence-electron chi connectivity index (χ2n) is 5.03. The smallest absolute Gasteiger partial charge is 0.323 e. The van der Waals surface area contributed by atoms with E-state index in [0.29, 0.717) is 18.6 Å². The van der Waals surface area contributed by atoms with Crippen LogP contribution in [-0.4, -0.2) is 36.1 Å². The summed E-state index contributed by atoms with van der Waals surface area (Å²) >= 11 is 0. The van der Waals surface area contributed by atoms with Gasteiger partial charge in [-0.15, -0.1) is 0 Å². The molecule has 1 unspecified atom stereocenters. The fourth-order valence-corrected chi connectivity index (χ4v) is 2.67. The van der Waals surface area contributed by atoms with Crippen molar-refractivity contribution in [2.24, 2.45) is 16.5 Å². The summed E-state index contributed by atoms with van der Waals surface area (Å²) in [6.45, 7) is 5.26. The van der Waals surface area contributed by atoms with Gasteiger partial charge in [0, 0.05) is 5.92 Å². The third-order valence-corrected chi connectivity index (χ3v) is 3.80. The van der Waals surface area contributed by atoms with Crippen molar-refractivity contribution in [3.63, 3.8) is 0 Å². The average Bonchev–Trinajstić information content (AvgIpc) is 2.46. The van der Waals surface area contributed by atoms with E-state index in [4.69, 9.17) is 14.7 Å². The van der Waals surface area contributed by atoms with Gasteiger partial charge in [-0.25, -0.2) is 0 Å². The lowest BCUT2D eigenvalue weighted by Crippen LogP contribution is -2.49. The second-order valence-corrected chi connectivity index (χ2v) is 5.03. The standard InChI is InChI=1S/C14H23NO5/c1-4-19-12(16)14(3,13(17)20-5-2)10-8-6-7-9-11(10)15-18/h10,18H,4-9H2,1-3H3/b15-11+. The van der Waals surface area contributed by atoms with Gasteiger partial charge in [-0.05, 0) is 40.0 Å². The molecule has 0 aliphatic heterocycles. The van der Waals surface area contributed by atoms with Crippen molar-refractivity contribution in [2.45, 2.75) is 46.5 Å². The fourth-order valence-electron chi connectivity index (χ4n) is 2.67. The maximum atomic E-state index is 12.3. The Morgan fingerprint density at radius 1 is 1.25 bits per heavy atom. The maximum Gasteiger partial charge on any atom is 0.323 e. The predicted molar refractivity (Wildman–Crippen MR) is 72.6 cm³/mol. The summed E-state index contributed by atoms with van der Waals surface area (Å²) < 4.78 is 10.1. The molecule has 1 aliphatic carbocycles. The Morgan fingerprint density at radius 2 is 1.80 bits per heavy atom. The molecule has 0 spiro atoms. The van der Waals surface area contributed by atoms with E-state index >= 15 is 0 Å². The lowest BCUT2D eigenvalue weighted by molar-refractivity contribution is -0.173. The van der Waals surface area contributed by atoms with Crippen molar-refractivity contribution < 1.29 is 24.3 Å². The van der Waals surface area contributed by atoms with Crippen LogP contribution < -0.4 is 0 Å². The lowest BCUT2D eigenvalue weighted by Gasteiger charge is -2.35. The van der Waals surface area contributed by atoms with Crippen LogP contribution in [0.4, 0.5) is 0 Å². The summed E-state index contributed by atoms with van der Waals surface area (Å²) in [4.78, 5) is 24.6. The quantitative estimate of drug-likeness (QED) is 0.362. The molecule has 0 heterocycles. The zero-order valence-electron chi connectivity index (χ0n) is 12.3. The number of hydrogen-bond acceptors (Lipinski definition) is 6. The van der Waals surface area contributed by atoms with Crippen LogP contribution in [0.1, 0.15) is 46.5 Å². The van der Waals surface area contributed by atoms with Gasteiger partial charge in [0.05, 0.1) is 18.9 Å². The minimum Gasteiger partial charge on any atom is -0.465 e. The Kier molecular flexibility index (Phi) is 5.98. The lowest BCUT2D eigenvalue weighted by atomic mass is 9.68. The Bertz CT molecular complexity index is 373. The molecule has 0 saturated heterocycles. The van der Waals surface area contributed by atoms with Gasteiger partial charge in [0.15, 0.2) is 5.41 Å². The zero-order valence-corrected chi connectivity index (χ0v) is 12.3. The number of rotatable bonds is 5. The minimum atomic E-state index is -1.45. The van der Waals surface area contributed by atoms with Gasteiger partial charge in [0.2, 0.25) is 0 Å². The number of carbonyl (C=O) groups excluding carboxylic acids is 2. The van der Waals surface area contributed by atoms with E-state index < -0.39 is 23.3 Å². The number of carbonyl (C=O) groups is 2. The number of ether oxygens (including phenoxy) is 2. The number of esters is 2. The van der Waals surface area contributed by atoms with Gasteiger partial charge >= 0.3 is 11.9 Å². The number of hydrogen-bond donors (Lipinski definition) is 1. The summed E-state index contributed by atoms with van der Waals surface area (Å²) in [5, 5.41) is 12.4. The van der Waals surface area contributed by atoms with Crippen LogP contribution in [0.2, 0.25) is 0 Å². The second kappa shape index (κ2) is 7.26. The van der Waals surface area contributed by atoms with Crippen LogP contribution in [0.5, 0.6) is 0 Å². The normalized spacial score (nSPS) is 21.6. The van der Waals surface area contributed by atoms with Gasteiger partial charge in [-0.1, -0.05) is 11.6 Å². The molecule has 0 aromatic rings. The van der Waals surface area contributed by atoms with Crippen LogP contribution in [0.25, 0.3) is 0 Å². The van der Waals surface area contributed by atoms with E-state index in [1.165, 1.54) is 6.92 Å². The monoisotopic (exact) mass is 285 g/mol. The van der Waals surface area contributed by atoms with Crippen molar-refractivity contribution in [1.29, 1.82) is 0 Å². The zero-order chi connectivity index (χ0) is 15.2. The Labute approximate surface area is 119 Å².